The first-order valence-corrected chi connectivity index (χ1v) is 9.19. The van der Waals surface area contributed by atoms with Gasteiger partial charge in [-0.05, 0) is 42.8 Å². The summed E-state index contributed by atoms with van der Waals surface area (Å²) in [6.45, 7) is 3.18. The third-order valence-corrected chi connectivity index (χ3v) is 4.95. The van der Waals surface area contributed by atoms with Gasteiger partial charge in [-0.3, -0.25) is 9.78 Å². The second kappa shape index (κ2) is 7.48. The number of carbonyl (C=O) groups excluding carboxylic acids is 1. The number of hydrogen-bond acceptors (Lipinski definition) is 5. The van der Waals surface area contributed by atoms with Gasteiger partial charge in [0.2, 0.25) is 0 Å². The highest BCUT2D eigenvalue weighted by molar-refractivity contribution is 6.06. The van der Waals surface area contributed by atoms with E-state index in [0.29, 0.717) is 31.0 Å². The number of fused-ring (bicyclic) bond motifs is 2. The molecule has 1 aliphatic heterocycles. The summed E-state index contributed by atoms with van der Waals surface area (Å²) in [7, 11) is 1.61. The SMILES string of the molecule is COc1ccc2c(C(=O)N3CCOc4ccc(CO)cc4C3)cc(C)nc2c1. The lowest BCUT2D eigenvalue weighted by Crippen LogP contribution is -2.32. The second-order valence-corrected chi connectivity index (χ2v) is 6.87. The van der Waals surface area contributed by atoms with Crippen molar-refractivity contribution in [2.24, 2.45) is 0 Å². The van der Waals surface area contributed by atoms with Crippen LogP contribution in [-0.2, 0) is 13.2 Å². The highest BCUT2D eigenvalue weighted by Gasteiger charge is 2.23. The Kier molecular flexibility index (Phi) is 4.88. The van der Waals surface area contributed by atoms with Gasteiger partial charge in [0.15, 0.2) is 0 Å². The van der Waals surface area contributed by atoms with Crippen LogP contribution in [0.1, 0.15) is 27.2 Å². The predicted octanol–water partition coefficient (Wildman–Crippen LogP) is 3.08. The van der Waals surface area contributed by atoms with Crippen LogP contribution in [0.4, 0.5) is 0 Å². The molecule has 0 saturated heterocycles. The Hall–Kier alpha value is -3.12. The molecule has 0 spiro atoms. The Morgan fingerprint density at radius 1 is 1.25 bits per heavy atom. The number of rotatable bonds is 3. The smallest absolute Gasteiger partial charge is 0.255 e. The van der Waals surface area contributed by atoms with Crippen LogP contribution in [0.2, 0.25) is 0 Å². The Balaban J connectivity index is 1.72. The van der Waals surface area contributed by atoms with Crippen LogP contribution < -0.4 is 9.47 Å². The molecule has 0 aliphatic carbocycles. The van der Waals surface area contributed by atoms with Gasteiger partial charge >= 0.3 is 0 Å². The molecule has 2 heterocycles. The number of aryl methyl sites for hydroxylation is 1. The van der Waals surface area contributed by atoms with E-state index in [9.17, 15) is 9.90 Å². The third-order valence-electron chi connectivity index (χ3n) is 4.95. The average molecular weight is 378 g/mol. The average Bonchev–Trinajstić information content (AvgIpc) is 2.93. The monoisotopic (exact) mass is 378 g/mol. The van der Waals surface area contributed by atoms with Crippen molar-refractivity contribution in [1.29, 1.82) is 0 Å². The van der Waals surface area contributed by atoms with Crippen LogP contribution in [0.5, 0.6) is 11.5 Å². The van der Waals surface area contributed by atoms with Crippen molar-refractivity contribution < 1.29 is 19.4 Å². The van der Waals surface area contributed by atoms with E-state index < -0.39 is 0 Å². The van der Waals surface area contributed by atoms with Crippen LogP contribution in [0, 0.1) is 6.92 Å². The van der Waals surface area contributed by atoms with E-state index in [1.54, 1.807) is 12.0 Å². The molecule has 1 aromatic heterocycles. The molecular weight excluding hydrogens is 356 g/mol. The number of hydrogen-bond donors (Lipinski definition) is 1. The van der Waals surface area contributed by atoms with E-state index in [0.717, 1.165) is 33.5 Å². The number of nitrogens with zero attached hydrogens (tertiary/aromatic N) is 2. The van der Waals surface area contributed by atoms with Gasteiger partial charge in [0.05, 0.1) is 31.3 Å². The summed E-state index contributed by atoms with van der Waals surface area (Å²) in [5.74, 6) is 1.40. The number of aromatic nitrogens is 1. The normalized spacial score (nSPS) is 13.6. The minimum atomic E-state index is -0.0634. The number of methoxy groups -OCH3 is 1. The third kappa shape index (κ3) is 3.39. The summed E-state index contributed by atoms with van der Waals surface area (Å²) < 4.78 is 11.1. The van der Waals surface area contributed by atoms with Crippen molar-refractivity contribution in [2.75, 3.05) is 20.3 Å². The highest BCUT2D eigenvalue weighted by Crippen LogP contribution is 2.28. The van der Waals surface area contributed by atoms with Crippen LogP contribution >= 0.6 is 0 Å². The van der Waals surface area contributed by atoms with Gasteiger partial charge in [0.1, 0.15) is 18.1 Å². The maximum Gasteiger partial charge on any atom is 0.255 e. The van der Waals surface area contributed by atoms with E-state index in [1.807, 2.05) is 49.4 Å². The van der Waals surface area contributed by atoms with Gasteiger partial charge in [-0.15, -0.1) is 0 Å². The van der Waals surface area contributed by atoms with Crippen LogP contribution in [0.25, 0.3) is 10.9 Å². The van der Waals surface area contributed by atoms with Crippen molar-refractivity contribution >= 4 is 16.8 Å². The fourth-order valence-corrected chi connectivity index (χ4v) is 3.53. The van der Waals surface area contributed by atoms with Crippen molar-refractivity contribution in [3.8, 4) is 11.5 Å². The summed E-state index contributed by atoms with van der Waals surface area (Å²) in [6, 6.07) is 13.0. The molecule has 0 unspecified atom stereocenters. The summed E-state index contributed by atoms with van der Waals surface area (Å²) >= 11 is 0. The number of aliphatic hydroxyl groups is 1. The molecule has 0 saturated carbocycles. The molecule has 6 heteroatoms. The Morgan fingerprint density at radius 2 is 2.11 bits per heavy atom. The number of carbonyl (C=O) groups is 1. The van der Waals surface area contributed by atoms with E-state index in [4.69, 9.17) is 9.47 Å². The van der Waals surface area contributed by atoms with E-state index >= 15 is 0 Å². The number of aliphatic hydroxyl groups excluding tert-OH is 1. The lowest BCUT2D eigenvalue weighted by atomic mass is 10.0. The molecule has 3 aromatic rings. The standard InChI is InChI=1S/C22H22N2O4/c1-14-9-19(18-5-4-17(27-2)11-20(18)23-14)22(26)24-7-8-28-21-6-3-15(13-25)10-16(21)12-24/h3-6,9-11,25H,7-8,12-13H2,1-2H3. The first kappa shape index (κ1) is 18.3. The molecule has 0 radical (unpaired) electrons. The molecule has 0 fully saturated rings. The lowest BCUT2D eigenvalue weighted by molar-refractivity contribution is 0.0735. The van der Waals surface area contributed by atoms with Crippen molar-refractivity contribution in [2.45, 2.75) is 20.1 Å². The topological polar surface area (TPSA) is 71.9 Å². The van der Waals surface area contributed by atoms with Gasteiger partial charge in [0.25, 0.3) is 5.91 Å². The summed E-state index contributed by atoms with van der Waals surface area (Å²) in [5.41, 5.74) is 3.82. The van der Waals surface area contributed by atoms with Gasteiger partial charge in [0, 0.05) is 29.3 Å². The maximum atomic E-state index is 13.4. The number of pyridine rings is 1. The molecule has 4 rings (SSSR count). The first-order chi connectivity index (χ1) is 13.6. The fourth-order valence-electron chi connectivity index (χ4n) is 3.53. The Morgan fingerprint density at radius 3 is 2.89 bits per heavy atom. The quantitative estimate of drug-likeness (QED) is 0.758. The number of amides is 1. The number of benzene rings is 2. The molecule has 0 bridgehead atoms. The summed E-state index contributed by atoms with van der Waals surface area (Å²) in [6.07, 6.45) is 0. The summed E-state index contributed by atoms with van der Waals surface area (Å²) in [5, 5.41) is 10.2. The van der Waals surface area contributed by atoms with E-state index in [1.165, 1.54) is 0 Å². The second-order valence-electron chi connectivity index (χ2n) is 6.87. The van der Waals surface area contributed by atoms with Crippen molar-refractivity contribution in [1.82, 2.24) is 9.88 Å². The molecule has 1 amide bonds. The fraction of sp³-hybridized carbons (Fsp3) is 0.273. The molecule has 28 heavy (non-hydrogen) atoms. The largest absolute Gasteiger partial charge is 0.497 e. The Labute approximate surface area is 163 Å². The molecule has 1 aliphatic rings. The van der Waals surface area contributed by atoms with Crippen LogP contribution in [0.3, 0.4) is 0 Å². The molecular formula is C22H22N2O4. The first-order valence-electron chi connectivity index (χ1n) is 9.19. The highest BCUT2D eigenvalue weighted by atomic mass is 16.5. The molecule has 2 aromatic carbocycles. The zero-order valence-electron chi connectivity index (χ0n) is 15.9. The van der Waals surface area contributed by atoms with Gasteiger partial charge in [-0.25, -0.2) is 0 Å². The van der Waals surface area contributed by atoms with E-state index in [-0.39, 0.29) is 12.5 Å². The summed E-state index contributed by atoms with van der Waals surface area (Å²) in [4.78, 5) is 19.7. The van der Waals surface area contributed by atoms with Crippen LogP contribution in [-0.4, -0.2) is 41.2 Å². The zero-order chi connectivity index (χ0) is 19.7. The molecule has 144 valence electrons. The number of ether oxygens (including phenoxy) is 2. The Bertz CT molecular complexity index is 1050. The maximum absolute atomic E-state index is 13.4. The lowest BCUT2D eigenvalue weighted by Gasteiger charge is -2.21. The van der Waals surface area contributed by atoms with Gasteiger partial charge in [-0.1, -0.05) is 6.07 Å². The van der Waals surface area contributed by atoms with Crippen molar-refractivity contribution in [3.63, 3.8) is 0 Å². The minimum Gasteiger partial charge on any atom is -0.497 e. The zero-order valence-corrected chi connectivity index (χ0v) is 15.9. The predicted molar refractivity (Wildman–Crippen MR) is 106 cm³/mol. The molecule has 6 nitrogen and oxygen atoms in total. The minimum absolute atomic E-state index is 0.0444. The van der Waals surface area contributed by atoms with E-state index in [2.05, 4.69) is 4.98 Å². The van der Waals surface area contributed by atoms with Gasteiger partial charge < -0.3 is 19.5 Å². The molecule has 0 atom stereocenters. The van der Waals surface area contributed by atoms with Crippen molar-refractivity contribution in [3.05, 3.63) is 64.8 Å². The molecule has 1 N–H and O–H groups in total. The van der Waals surface area contributed by atoms with Crippen LogP contribution in [0.15, 0.2) is 42.5 Å². The van der Waals surface area contributed by atoms with Gasteiger partial charge in [-0.2, -0.15) is 0 Å².